The van der Waals surface area contributed by atoms with Gasteiger partial charge >= 0.3 is 11.9 Å². The zero-order valence-corrected chi connectivity index (χ0v) is 18.7. The van der Waals surface area contributed by atoms with E-state index in [1.807, 2.05) is 20.8 Å². The fourth-order valence-electron chi connectivity index (χ4n) is 2.83. The topological polar surface area (TPSA) is 93.1 Å². The fraction of sp³-hybridized carbons (Fsp3) is 0.440. The molecule has 0 aromatic heterocycles. The van der Waals surface area contributed by atoms with Gasteiger partial charge in [-0.3, -0.25) is 0 Å². The number of hydrogen-bond donors (Lipinski definition) is 2. The van der Waals surface area contributed by atoms with Crippen molar-refractivity contribution in [3.63, 3.8) is 0 Å². The quantitative estimate of drug-likeness (QED) is 0.483. The molecule has 0 radical (unpaired) electrons. The van der Waals surface area contributed by atoms with Gasteiger partial charge in [0.2, 0.25) is 0 Å². The second-order valence-corrected chi connectivity index (χ2v) is 9.33. The van der Waals surface area contributed by atoms with Crippen molar-refractivity contribution < 1.29 is 29.3 Å². The molecule has 0 amide bonds. The molecule has 0 spiro atoms. The normalized spacial score (nSPS) is 14.1. The molecule has 0 aliphatic carbocycles. The van der Waals surface area contributed by atoms with Crippen LogP contribution in [0.1, 0.15) is 61.8 Å². The molecule has 6 heteroatoms. The van der Waals surface area contributed by atoms with Gasteiger partial charge in [0, 0.05) is 6.42 Å². The Kier molecular flexibility index (Phi) is 7.98. The highest BCUT2D eigenvalue weighted by Crippen LogP contribution is 2.35. The van der Waals surface area contributed by atoms with Crippen LogP contribution in [0.15, 0.2) is 60.7 Å². The van der Waals surface area contributed by atoms with Crippen molar-refractivity contribution in [1.82, 2.24) is 0 Å². The second-order valence-electron chi connectivity index (χ2n) is 9.33. The lowest BCUT2D eigenvalue weighted by atomic mass is 9.78. The van der Waals surface area contributed by atoms with Crippen LogP contribution < -0.4 is 0 Å². The highest BCUT2D eigenvalue weighted by Gasteiger charge is 2.44. The van der Waals surface area contributed by atoms with Crippen LogP contribution in [-0.2, 0) is 9.47 Å². The van der Waals surface area contributed by atoms with E-state index in [2.05, 4.69) is 0 Å². The molecular formula is C25H32O6. The van der Waals surface area contributed by atoms with Gasteiger partial charge in [0.25, 0.3) is 6.29 Å². The lowest BCUT2D eigenvalue weighted by Gasteiger charge is -2.39. The number of aliphatic hydroxyl groups is 2. The Labute approximate surface area is 183 Å². The molecule has 0 saturated heterocycles. The summed E-state index contributed by atoms with van der Waals surface area (Å²) < 4.78 is 11.1. The molecule has 2 rings (SSSR count). The van der Waals surface area contributed by atoms with Gasteiger partial charge in [-0.15, -0.1) is 0 Å². The van der Waals surface area contributed by atoms with Gasteiger partial charge in [-0.25, -0.2) is 9.59 Å². The Morgan fingerprint density at radius 1 is 0.742 bits per heavy atom. The van der Waals surface area contributed by atoms with Crippen LogP contribution in [0.3, 0.4) is 0 Å². The van der Waals surface area contributed by atoms with Crippen molar-refractivity contribution in [1.29, 1.82) is 0 Å². The SMILES string of the molecule is CC(C)(C)C(O)CC(O)C(C)(C)C(OC(=O)c1ccccc1)OC(=O)c1ccccc1. The van der Waals surface area contributed by atoms with Gasteiger partial charge in [-0.05, 0) is 29.7 Å². The molecule has 2 N–H and O–H groups in total. The first-order valence-electron chi connectivity index (χ1n) is 10.3. The summed E-state index contributed by atoms with van der Waals surface area (Å²) in [5.74, 6) is -1.36. The van der Waals surface area contributed by atoms with Crippen molar-refractivity contribution in [2.75, 3.05) is 0 Å². The summed E-state index contributed by atoms with van der Waals surface area (Å²) in [6.07, 6.45) is -3.27. The Morgan fingerprint density at radius 3 is 1.48 bits per heavy atom. The van der Waals surface area contributed by atoms with Crippen LogP contribution in [0.4, 0.5) is 0 Å². The maximum absolute atomic E-state index is 12.7. The van der Waals surface area contributed by atoms with Gasteiger partial charge in [-0.1, -0.05) is 71.0 Å². The number of benzene rings is 2. The van der Waals surface area contributed by atoms with Crippen LogP contribution in [-0.4, -0.2) is 40.6 Å². The van der Waals surface area contributed by atoms with E-state index in [9.17, 15) is 19.8 Å². The monoisotopic (exact) mass is 428 g/mol. The van der Waals surface area contributed by atoms with Gasteiger partial charge in [0.05, 0.1) is 28.7 Å². The second kappa shape index (κ2) is 10.1. The molecule has 31 heavy (non-hydrogen) atoms. The highest BCUT2D eigenvalue weighted by atomic mass is 16.7. The van der Waals surface area contributed by atoms with E-state index in [1.165, 1.54) is 0 Å². The van der Waals surface area contributed by atoms with E-state index in [0.29, 0.717) is 11.1 Å². The zero-order chi connectivity index (χ0) is 23.2. The lowest BCUT2D eigenvalue weighted by Crippen LogP contribution is -2.47. The number of esters is 2. The van der Waals surface area contributed by atoms with Crippen LogP contribution in [0.2, 0.25) is 0 Å². The predicted molar refractivity (Wildman–Crippen MR) is 117 cm³/mol. The number of carbonyl (C=O) groups is 2. The van der Waals surface area contributed by atoms with Crippen molar-refractivity contribution >= 4 is 11.9 Å². The maximum Gasteiger partial charge on any atom is 0.341 e. The van der Waals surface area contributed by atoms with Gasteiger partial charge in [0.1, 0.15) is 0 Å². The molecule has 6 nitrogen and oxygen atoms in total. The Bertz CT molecular complexity index is 801. The smallest absolute Gasteiger partial charge is 0.341 e. The summed E-state index contributed by atoms with van der Waals surface area (Å²) in [4.78, 5) is 25.4. The van der Waals surface area contributed by atoms with E-state index in [0.717, 1.165) is 0 Å². The van der Waals surface area contributed by atoms with Crippen molar-refractivity contribution in [2.45, 2.75) is 59.5 Å². The van der Waals surface area contributed by atoms with Gasteiger partial charge in [0.15, 0.2) is 0 Å². The van der Waals surface area contributed by atoms with E-state index >= 15 is 0 Å². The number of hydrogen-bond acceptors (Lipinski definition) is 6. The first-order valence-corrected chi connectivity index (χ1v) is 10.3. The van der Waals surface area contributed by atoms with Crippen molar-refractivity contribution in [3.05, 3.63) is 71.8 Å². The minimum atomic E-state index is -1.38. The van der Waals surface area contributed by atoms with Crippen LogP contribution in [0.5, 0.6) is 0 Å². The summed E-state index contributed by atoms with van der Waals surface area (Å²) >= 11 is 0. The molecule has 0 fully saturated rings. The van der Waals surface area contributed by atoms with E-state index < -0.39 is 41.3 Å². The molecule has 0 aliphatic rings. The van der Waals surface area contributed by atoms with E-state index in [4.69, 9.17) is 9.47 Å². The first-order chi connectivity index (χ1) is 14.4. The molecular weight excluding hydrogens is 396 g/mol. The van der Waals surface area contributed by atoms with Gasteiger partial charge < -0.3 is 19.7 Å². The van der Waals surface area contributed by atoms with Crippen molar-refractivity contribution in [3.8, 4) is 0 Å². The third-order valence-electron chi connectivity index (χ3n) is 5.36. The van der Waals surface area contributed by atoms with Crippen molar-refractivity contribution in [2.24, 2.45) is 10.8 Å². The summed E-state index contributed by atoms with van der Waals surface area (Å²) in [6, 6.07) is 16.7. The van der Waals surface area contributed by atoms with E-state index in [1.54, 1.807) is 74.5 Å². The largest absolute Gasteiger partial charge is 0.421 e. The number of rotatable bonds is 8. The van der Waals surface area contributed by atoms with Gasteiger partial charge in [-0.2, -0.15) is 0 Å². The average Bonchev–Trinajstić information content (AvgIpc) is 2.73. The Morgan fingerprint density at radius 2 is 1.13 bits per heavy atom. The summed E-state index contributed by atoms with van der Waals surface area (Å²) in [5, 5.41) is 21.4. The van der Waals surface area contributed by atoms with Crippen LogP contribution in [0, 0.1) is 10.8 Å². The maximum atomic E-state index is 12.7. The summed E-state index contributed by atoms with van der Waals surface area (Å²) in [7, 11) is 0. The molecule has 2 unspecified atom stereocenters. The highest BCUT2D eigenvalue weighted by molar-refractivity contribution is 5.91. The van der Waals surface area contributed by atoms with Crippen LogP contribution in [0.25, 0.3) is 0 Å². The third kappa shape index (κ3) is 6.64. The lowest BCUT2D eigenvalue weighted by molar-refractivity contribution is -0.175. The molecule has 2 aromatic carbocycles. The molecule has 0 heterocycles. The number of aliphatic hydroxyl groups excluding tert-OH is 2. The number of carbonyl (C=O) groups excluding carboxylic acids is 2. The minimum absolute atomic E-state index is 0.0266. The fourth-order valence-corrected chi connectivity index (χ4v) is 2.83. The first kappa shape index (κ1) is 24.6. The predicted octanol–water partition coefficient (Wildman–Crippen LogP) is 4.21. The Hall–Kier alpha value is -2.70. The molecule has 0 saturated carbocycles. The molecule has 0 bridgehead atoms. The zero-order valence-electron chi connectivity index (χ0n) is 18.7. The summed E-state index contributed by atoms with van der Waals surface area (Å²) in [6.45, 7) is 8.85. The minimum Gasteiger partial charge on any atom is -0.421 e. The average molecular weight is 429 g/mol. The van der Waals surface area contributed by atoms with E-state index in [-0.39, 0.29) is 6.42 Å². The summed E-state index contributed by atoms with van der Waals surface area (Å²) in [5.41, 5.74) is -1.05. The standard InChI is InChI=1S/C25H32O6/c1-24(2,3)19(26)16-20(27)25(4,5)23(30-21(28)17-12-8-6-9-13-17)31-22(29)18-14-10-7-11-15-18/h6-15,19-20,23,26-27H,16H2,1-5H3. The van der Waals surface area contributed by atoms with Crippen LogP contribution >= 0.6 is 0 Å². The molecule has 2 aromatic rings. The third-order valence-corrected chi connectivity index (χ3v) is 5.36. The molecule has 0 aliphatic heterocycles. The molecule has 168 valence electrons. The number of ether oxygens (including phenoxy) is 2. The molecule has 2 atom stereocenters. The Balaban J connectivity index is 2.28.